The maximum Gasteiger partial charge on any atom is 0.225 e. The van der Waals surface area contributed by atoms with Crippen molar-refractivity contribution in [2.75, 3.05) is 24.6 Å². The van der Waals surface area contributed by atoms with E-state index in [4.69, 9.17) is 5.73 Å². The fraction of sp³-hybridized carbons (Fsp3) is 0.900. The molecule has 1 amide bonds. The van der Waals surface area contributed by atoms with Gasteiger partial charge in [0.1, 0.15) is 0 Å². The molecule has 0 aromatic carbocycles. The van der Waals surface area contributed by atoms with Crippen LogP contribution in [0.4, 0.5) is 0 Å². The Hall–Kier alpha value is 0.0700. The van der Waals surface area contributed by atoms with Crippen LogP contribution in [0.3, 0.4) is 0 Å². The van der Waals surface area contributed by atoms with Crippen LogP contribution in [0.15, 0.2) is 0 Å². The quantitative estimate of drug-likeness (QED) is 0.759. The number of thioether (sulfide) groups is 1. The van der Waals surface area contributed by atoms with Gasteiger partial charge in [-0.05, 0) is 19.3 Å². The SMILES string of the molecule is Cl.NC1CCC(C(=O)N2CCSCC2)C1. The van der Waals surface area contributed by atoms with Crippen molar-refractivity contribution in [1.29, 1.82) is 0 Å². The molecule has 2 unspecified atom stereocenters. The Morgan fingerprint density at radius 1 is 1.27 bits per heavy atom. The lowest BCUT2D eigenvalue weighted by atomic mass is 10.1. The minimum Gasteiger partial charge on any atom is -0.341 e. The number of halogens is 1. The van der Waals surface area contributed by atoms with Gasteiger partial charge in [0, 0.05) is 36.6 Å². The lowest BCUT2D eigenvalue weighted by Gasteiger charge is -2.28. The van der Waals surface area contributed by atoms with Crippen LogP contribution >= 0.6 is 24.2 Å². The van der Waals surface area contributed by atoms with Gasteiger partial charge >= 0.3 is 0 Å². The highest BCUT2D eigenvalue weighted by Gasteiger charge is 2.31. The topological polar surface area (TPSA) is 46.3 Å². The van der Waals surface area contributed by atoms with Crippen molar-refractivity contribution < 1.29 is 4.79 Å². The Bertz CT molecular complexity index is 215. The first-order valence-electron chi connectivity index (χ1n) is 5.39. The number of nitrogens with two attached hydrogens (primary N) is 1. The molecule has 88 valence electrons. The van der Waals surface area contributed by atoms with Gasteiger partial charge in [-0.1, -0.05) is 0 Å². The molecule has 1 saturated heterocycles. The van der Waals surface area contributed by atoms with E-state index in [1.807, 2.05) is 16.7 Å². The van der Waals surface area contributed by atoms with Gasteiger partial charge in [-0.2, -0.15) is 11.8 Å². The van der Waals surface area contributed by atoms with Crippen molar-refractivity contribution in [2.24, 2.45) is 11.7 Å². The van der Waals surface area contributed by atoms with Crippen molar-refractivity contribution in [3.63, 3.8) is 0 Å². The summed E-state index contributed by atoms with van der Waals surface area (Å²) < 4.78 is 0. The predicted octanol–water partition coefficient (Wildman–Crippen LogP) is 1.11. The number of amides is 1. The van der Waals surface area contributed by atoms with E-state index in [0.29, 0.717) is 5.91 Å². The molecule has 1 aliphatic carbocycles. The molecule has 0 aromatic heterocycles. The van der Waals surface area contributed by atoms with E-state index in [0.717, 1.165) is 43.9 Å². The van der Waals surface area contributed by atoms with E-state index >= 15 is 0 Å². The van der Waals surface area contributed by atoms with Crippen molar-refractivity contribution >= 4 is 30.1 Å². The molecular formula is C10H19ClN2OS. The van der Waals surface area contributed by atoms with Gasteiger partial charge in [0.15, 0.2) is 0 Å². The summed E-state index contributed by atoms with van der Waals surface area (Å²) in [7, 11) is 0. The molecule has 3 nitrogen and oxygen atoms in total. The smallest absolute Gasteiger partial charge is 0.225 e. The lowest BCUT2D eigenvalue weighted by molar-refractivity contribution is -0.134. The fourth-order valence-corrected chi connectivity index (χ4v) is 3.19. The summed E-state index contributed by atoms with van der Waals surface area (Å²) in [5.41, 5.74) is 5.82. The molecule has 5 heteroatoms. The molecular weight excluding hydrogens is 232 g/mol. The second kappa shape index (κ2) is 5.97. The van der Waals surface area contributed by atoms with Crippen molar-refractivity contribution in [1.82, 2.24) is 4.90 Å². The Kier molecular flexibility index (Phi) is 5.23. The van der Waals surface area contributed by atoms with Gasteiger partial charge in [0.05, 0.1) is 0 Å². The Balaban J connectivity index is 0.00000112. The third-order valence-electron chi connectivity index (χ3n) is 3.15. The summed E-state index contributed by atoms with van der Waals surface area (Å²) in [6.45, 7) is 1.88. The Morgan fingerprint density at radius 2 is 1.93 bits per heavy atom. The third kappa shape index (κ3) is 3.26. The van der Waals surface area contributed by atoms with Crippen LogP contribution in [0, 0.1) is 5.92 Å². The standard InChI is InChI=1S/C10H18N2OS.ClH/c11-9-2-1-8(7-9)10(13)12-3-5-14-6-4-12;/h8-9H,1-7,11H2;1H. The number of hydrogen-bond donors (Lipinski definition) is 1. The van der Waals surface area contributed by atoms with E-state index in [9.17, 15) is 4.79 Å². The summed E-state index contributed by atoms with van der Waals surface area (Å²) in [5.74, 6) is 2.79. The normalized spacial score (nSPS) is 31.1. The van der Waals surface area contributed by atoms with Gasteiger partial charge in [-0.3, -0.25) is 4.79 Å². The molecule has 1 heterocycles. The van der Waals surface area contributed by atoms with Crippen molar-refractivity contribution in [3.8, 4) is 0 Å². The minimum atomic E-state index is 0. The van der Waals surface area contributed by atoms with Crippen LogP contribution in [0.1, 0.15) is 19.3 Å². The van der Waals surface area contributed by atoms with Gasteiger partial charge in [-0.15, -0.1) is 12.4 Å². The first kappa shape index (κ1) is 13.1. The number of hydrogen-bond acceptors (Lipinski definition) is 3. The van der Waals surface area contributed by atoms with E-state index in [2.05, 4.69) is 0 Å². The molecule has 0 bridgehead atoms. The van der Waals surface area contributed by atoms with E-state index in [1.165, 1.54) is 0 Å². The average Bonchev–Trinajstić information content (AvgIpc) is 2.65. The zero-order chi connectivity index (χ0) is 9.97. The van der Waals surface area contributed by atoms with Crippen molar-refractivity contribution in [3.05, 3.63) is 0 Å². The summed E-state index contributed by atoms with van der Waals surface area (Å²) in [6, 6.07) is 0.267. The molecule has 1 aliphatic heterocycles. The highest BCUT2D eigenvalue weighted by molar-refractivity contribution is 7.99. The van der Waals surface area contributed by atoms with Crippen LogP contribution in [-0.4, -0.2) is 41.4 Å². The number of nitrogens with zero attached hydrogens (tertiary/aromatic N) is 1. The molecule has 0 aromatic rings. The van der Waals surface area contributed by atoms with Crippen LogP contribution in [-0.2, 0) is 4.79 Å². The molecule has 2 aliphatic rings. The number of carbonyl (C=O) groups is 1. The molecule has 15 heavy (non-hydrogen) atoms. The number of rotatable bonds is 1. The second-order valence-corrected chi connectivity index (χ2v) is 5.43. The summed E-state index contributed by atoms with van der Waals surface area (Å²) in [6.07, 6.45) is 2.94. The fourth-order valence-electron chi connectivity index (χ4n) is 2.28. The van der Waals surface area contributed by atoms with Gasteiger partial charge in [0.2, 0.25) is 5.91 Å². The van der Waals surface area contributed by atoms with Crippen LogP contribution in [0.2, 0.25) is 0 Å². The minimum absolute atomic E-state index is 0. The van der Waals surface area contributed by atoms with Crippen molar-refractivity contribution in [2.45, 2.75) is 25.3 Å². The molecule has 2 atom stereocenters. The summed E-state index contributed by atoms with van der Waals surface area (Å²) in [5, 5.41) is 0. The first-order chi connectivity index (χ1) is 6.77. The highest BCUT2D eigenvalue weighted by atomic mass is 35.5. The Labute approximate surface area is 102 Å². The lowest BCUT2D eigenvalue weighted by Crippen LogP contribution is -2.41. The third-order valence-corrected chi connectivity index (χ3v) is 4.09. The van der Waals surface area contributed by atoms with Gasteiger partial charge in [-0.25, -0.2) is 0 Å². The molecule has 2 fully saturated rings. The highest BCUT2D eigenvalue weighted by Crippen LogP contribution is 2.26. The average molecular weight is 251 g/mol. The largest absolute Gasteiger partial charge is 0.341 e. The summed E-state index contributed by atoms with van der Waals surface area (Å²) >= 11 is 1.94. The van der Waals surface area contributed by atoms with E-state index in [1.54, 1.807) is 0 Å². The zero-order valence-corrected chi connectivity index (χ0v) is 10.5. The van der Waals surface area contributed by atoms with Crippen LogP contribution < -0.4 is 5.73 Å². The van der Waals surface area contributed by atoms with Crippen LogP contribution in [0.5, 0.6) is 0 Å². The summed E-state index contributed by atoms with van der Waals surface area (Å²) in [4.78, 5) is 14.0. The zero-order valence-electron chi connectivity index (χ0n) is 8.85. The maximum atomic E-state index is 12.0. The maximum absolute atomic E-state index is 12.0. The van der Waals surface area contributed by atoms with Gasteiger partial charge in [0.25, 0.3) is 0 Å². The van der Waals surface area contributed by atoms with E-state index < -0.39 is 0 Å². The molecule has 1 saturated carbocycles. The molecule has 2 N–H and O–H groups in total. The second-order valence-electron chi connectivity index (χ2n) is 4.21. The molecule has 0 radical (unpaired) electrons. The van der Waals surface area contributed by atoms with E-state index in [-0.39, 0.29) is 24.4 Å². The van der Waals surface area contributed by atoms with Crippen LogP contribution in [0.25, 0.3) is 0 Å². The molecule has 2 rings (SSSR count). The monoisotopic (exact) mass is 250 g/mol. The Morgan fingerprint density at radius 3 is 2.47 bits per heavy atom. The number of carbonyl (C=O) groups excluding carboxylic acids is 1. The molecule has 0 spiro atoms. The first-order valence-corrected chi connectivity index (χ1v) is 6.55. The predicted molar refractivity (Wildman–Crippen MR) is 66.5 cm³/mol. The van der Waals surface area contributed by atoms with Gasteiger partial charge < -0.3 is 10.6 Å².